The molecule has 2 aromatic heterocycles. The summed E-state index contributed by atoms with van der Waals surface area (Å²) >= 11 is 3.43. The average molecular weight is 346 g/mol. The lowest BCUT2D eigenvalue weighted by Gasteiger charge is -2.21. The molecule has 0 aliphatic carbocycles. The van der Waals surface area contributed by atoms with Crippen LogP contribution in [0.4, 0.5) is 5.69 Å². The Hall–Kier alpha value is -1.92. The molecule has 4 nitrogen and oxygen atoms in total. The molecule has 0 aliphatic heterocycles. The van der Waals surface area contributed by atoms with Crippen LogP contribution >= 0.6 is 23.3 Å². The third-order valence-electron chi connectivity index (χ3n) is 3.38. The fourth-order valence-electron chi connectivity index (χ4n) is 2.37. The van der Waals surface area contributed by atoms with Gasteiger partial charge in [0.1, 0.15) is 5.69 Å². The lowest BCUT2D eigenvalue weighted by Crippen LogP contribution is -2.13. The van der Waals surface area contributed by atoms with E-state index in [1.807, 2.05) is 25.1 Å². The van der Waals surface area contributed by atoms with Crippen LogP contribution in [-0.4, -0.2) is 24.1 Å². The van der Waals surface area contributed by atoms with Gasteiger partial charge in [0.25, 0.3) is 0 Å². The van der Waals surface area contributed by atoms with Crippen LogP contribution in [-0.2, 0) is 4.74 Å². The van der Waals surface area contributed by atoms with Crippen molar-refractivity contribution < 1.29 is 9.53 Å². The van der Waals surface area contributed by atoms with Crippen molar-refractivity contribution in [2.24, 2.45) is 0 Å². The summed E-state index contributed by atoms with van der Waals surface area (Å²) in [7, 11) is 0. The highest BCUT2D eigenvalue weighted by Crippen LogP contribution is 2.35. The number of hydrogen-bond acceptors (Lipinski definition) is 5. The Morgan fingerprint density at radius 3 is 2.87 bits per heavy atom. The lowest BCUT2D eigenvalue weighted by molar-refractivity contribution is 0.0520. The predicted molar refractivity (Wildman–Crippen MR) is 97.5 cm³/mol. The van der Waals surface area contributed by atoms with Crippen LogP contribution < -0.4 is 4.31 Å². The van der Waals surface area contributed by atoms with Crippen LogP contribution in [0.5, 0.6) is 0 Å². The molecule has 2 heterocycles. The first-order valence-electron chi connectivity index (χ1n) is 7.50. The Bertz CT molecular complexity index is 796. The Morgan fingerprint density at radius 2 is 2.17 bits per heavy atom. The van der Waals surface area contributed by atoms with Gasteiger partial charge in [-0.1, -0.05) is 18.2 Å². The molecule has 23 heavy (non-hydrogen) atoms. The van der Waals surface area contributed by atoms with Crippen LogP contribution in [0.15, 0.2) is 46.0 Å². The molecular formula is C17H18N2O2S2. The van der Waals surface area contributed by atoms with Gasteiger partial charge in [-0.25, -0.2) is 4.79 Å². The number of thiophene rings is 1. The molecule has 3 aromatic rings. The number of benzene rings is 1. The number of H-pyrrole nitrogens is 1. The fourth-order valence-corrected chi connectivity index (χ4v) is 4.17. The highest BCUT2D eigenvalue weighted by Gasteiger charge is 2.16. The second-order valence-electron chi connectivity index (χ2n) is 4.86. The molecule has 0 saturated carbocycles. The van der Waals surface area contributed by atoms with E-state index >= 15 is 0 Å². The highest BCUT2D eigenvalue weighted by atomic mass is 32.2. The maximum absolute atomic E-state index is 12.0. The van der Waals surface area contributed by atoms with E-state index in [-0.39, 0.29) is 5.97 Å². The molecule has 1 aromatic carbocycles. The topological polar surface area (TPSA) is 45.3 Å². The molecule has 0 bridgehead atoms. The molecule has 0 atom stereocenters. The van der Waals surface area contributed by atoms with E-state index < -0.39 is 0 Å². The number of ether oxygens (including phenoxy) is 1. The van der Waals surface area contributed by atoms with Gasteiger partial charge in [-0.2, -0.15) is 0 Å². The molecular weight excluding hydrogens is 328 g/mol. The summed E-state index contributed by atoms with van der Waals surface area (Å²) in [4.78, 5) is 15.2. The molecule has 0 radical (unpaired) electrons. The number of para-hydroxylation sites is 1. The molecule has 120 valence electrons. The molecule has 0 unspecified atom stereocenters. The second kappa shape index (κ2) is 7.10. The van der Waals surface area contributed by atoms with Crippen molar-refractivity contribution in [3.63, 3.8) is 0 Å². The number of nitrogens with zero attached hydrogens (tertiary/aromatic N) is 1. The SMILES string of the molecule is CCOC(=O)c1cc2cccc(N(CC)Sc3cccs3)c2[nH]1. The summed E-state index contributed by atoms with van der Waals surface area (Å²) in [5, 5.41) is 3.08. The first kappa shape index (κ1) is 16.0. The molecule has 0 amide bonds. The first-order valence-corrected chi connectivity index (χ1v) is 9.16. The van der Waals surface area contributed by atoms with Crippen molar-refractivity contribution in [3.05, 3.63) is 47.5 Å². The van der Waals surface area contributed by atoms with Crippen LogP contribution in [0, 0.1) is 0 Å². The van der Waals surface area contributed by atoms with Gasteiger partial charge in [0.2, 0.25) is 0 Å². The lowest BCUT2D eigenvalue weighted by atomic mass is 10.2. The quantitative estimate of drug-likeness (QED) is 0.507. The van der Waals surface area contributed by atoms with E-state index in [1.165, 1.54) is 4.21 Å². The molecule has 0 saturated heterocycles. The van der Waals surface area contributed by atoms with E-state index in [1.54, 1.807) is 23.3 Å². The maximum Gasteiger partial charge on any atom is 0.354 e. The zero-order valence-corrected chi connectivity index (χ0v) is 14.7. The number of hydrogen-bond donors (Lipinski definition) is 1. The summed E-state index contributed by atoms with van der Waals surface area (Å²) in [6, 6.07) is 12.1. The Kier molecular flexibility index (Phi) is 4.93. The van der Waals surface area contributed by atoms with Crippen LogP contribution in [0.1, 0.15) is 24.3 Å². The molecule has 0 aliphatic rings. The molecule has 1 N–H and O–H groups in total. The van der Waals surface area contributed by atoms with Crippen molar-refractivity contribution >= 4 is 45.8 Å². The Balaban J connectivity index is 1.97. The fraction of sp³-hybridized carbons (Fsp3) is 0.235. The summed E-state index contributed by atoms with van der Waals surface area (Å²) in [6.45, 7) is 5.16. The number of carbonyl (C=O) groups is 1. The van der Waals surface area contributed by atoms with Crippen molar-refractivity contribution in [2.75, 3.05) is 17.5 Å². The largest absolute Gasteiger partial charge is 0.461 e. The van der Waals surface area contributed by atoms with Gasteiger partial charge < -0.3 is 14.0 Å². The van der Waals surface area contributed by atoms with Gasteiger partial charge in [0, 0.05) is 11.9 Å². The summed E-state index contributed by atoms with van der Waals surface area (Å²) in [5.41, 5.74) is 2.52. The van der Waals surface area contributed by atoms with Crippen molar-refractivity contribution in [1.29, 1.82) is 0 Å². The van der Waals surface area contributed by atoms with Crippen LogP contribution in [0.2, 0.25) is 0 Å². The number of aromatic amines is 1. The number of esters is 1. The van der Waals surface area contributed by atoms with Crippen molar-refractivity contribution in [1.82, 2.24) is 4.98 Å². The molecule has 0 fully saturated rings. The number of carbonyl (C=O) groups excluding carboxylic acids is 1. The summed E-state index contributed by atoms with van der Waals surface area (Å²) in [6.07, 6.45) is 0. The normalized spacial score (nSPS) is 10.9. The third-order valence-corrected chi connectivity index (χ3v) is 5.55. The Labute approximate surface area is 143 Å². The minimum absolute atomic E-state index is 0.316. The number of fused-ring (bicyclic) bond motifs is 1. The highest BCUT2D eigenvalue weighted by molar-refractivity contribution is 8.02. The van der Waals surface area contributed by atoms with Crippen LogP contribution in [0.3, 0.4) is 0 Å². The minimum Gasteiger partial charge on any atom is -0.461 e. The smallest absolute Gasteiger partial charge is 0.354 e. The van der Waals surface area contributed by atoms with Gasteiger partial charge in [-0.15, -0.1) is 11.3 Å². The molecule has 3 rings (SSSR count). The van der Waals surface area contributed by atoms with Crippen molar-refractivity contribution in [2.45, 2.75) is 18.1 Å². The number of nitrogens with one attached hydrogen (secondary N) is 1. The number of aromatic nitrogens is 1. The van der Waals surface area contributed by atoms with Crippen LogP contribution in [0.25, 0.3) is 10.9 Å². The maximum atomic E-state index is 12.0. The van der Waals surface area contributed by atoms with Gasteiger partial charge in [0.05, 0.1) is 22.0 Å². The van der Waals surface area contributed by atoms with Gasteiger partial charge in [-0.05, 0) is 49.4 Å². The first-order chi connectivity index (χ1) is 11.2. The zero-order chi connectivity index (χ0) is 16.2. The molecule has 0 spiro atoms. The minimum atomic E-state index is -0.316. The van der Waals surface area contributed by atoms with Gasteiger partial charge >= 0.3 is 5.97 Å². The summed E-state index contributed by atoms with van der Waals surface area (Å²) in [5.74, 6) is -0.316. The van der Waals surface area contributed by atoms with Gasteiger partial charge in [-0.3, -0.25) is 0 Å². The standard InChI is InChI=1S/C17H18N2O2S2/c1-3-19(23-15-9-6-10-22-15)14-8-5-7-12-11-13(18-16(12)14)17(20)21-4-2/h5-11,18H,3-4H2,1-2H3. The van der Waals surface area contributed by atoms with E-state index in [0.29, 0.717) is 12.3 Å². The second-order valence-corrected chi connectivity index (χ2v) is 7.13. The Morgan fingerprint density at radius 1 is 1.30 bits per heavy atom. The number of rotatable bonds is 6. The zero-order valence-electron chi connectivity index (χ0n) is 13.0. The molecule has 6 heteroatoms. The van der Waals surface area contributed by atoms with Gasteiger partial charge in [0.15, 0.2) is 0 Å². The summed E-state index contributed by atoms with van der Waals surface area (Å²) < 4.78 is 8.54. The van der Waals surface area contributed by atoms with E-state index in [2.05, 4.69) is 39.8 Å². The van der Waals surface area contributed by atoms with Crippen molar-refractivity contribution in [3.8, 4) is 0 Å². The van der Waals surface area contributed by atoms with E-state index in [9.17, 15) is 4.79 Å². The monoisotopic (exact) mass is 346 g/mol. The third kappa shape index (κ3) is 3.38. The predicted octanol–water partition coefficient (Wildman–Crippen LogP) is 4.94. The van der Waals surface area contributed by atoms with E-state index in [0.717, 1.165) is 23.1 Å². The number of anilines is 1. The van der Waals surface area contributed by atoms with E-state index in [4.69, 9.17) is 4.74 Å². The average Bonchev–Trinajstić information content (AvgIpc) is 3.21.